The van der Waals surface area contributed by atoms with E-state index in [1.165, 1.54) is 0 Å². The minimum absolute atomic E-state index is 0.0377. The van der Waals surface area contributed by atoms with Crippen molar-refractivity contribution in [3.8, 4) is 0 Å². The van der Waals surface area contributed by atoms with Crippen molar-refractivity contribution in [2.75, 3.05) is 0 Å². The summed E-state index contributed by atoms with van der Waals surface area (Å²) in [6.07, 6.45) is 6.41. The van der Waals surface area contributed by atoms with Gasteiger partial charge in [0.25, 0.3) is 0 Å². The number of ether oxygens (including phenoxy) is 1. The summed E-state index contributed by atoms with van der Waals surface area (Å²) in [5.41, 5.74) is -1.23. The summed E-state index contributed by atoms with van der Waals surface area (Å²) in [5, 5.41) is 9.21. The zero-order chi connectivity index (χ0) is 11.6. The first kappa shape index (κ1) is 11.4. The monoisotopic (exact) mass is 226 g/mol. The summed E-state index contributed by atoms with van der Waals surface area (Å²) in [6, 6.07) is 0. The van der Waals surface area contributed by atoms with Gasteiger partial charge in [-0.2, -0.15) is 0 Å². The third kappa shape index (κ3) is 1.93. The molecule has 0 aromatic rings. The minimum atomic E-state index is -1.23. The van der Waals surface area contributed by atoms with Crippen LogP contribution in [-0.4, -0.2) is 23.1 Å². The van der Waals surface area contributed by atoms with Crippen LogP contribution in [0.15, 0.2) is 0 Å². The van der Waals surface area contributed by atoms with Crippen LogP contribution < -0.4 is 0 Å². The van der Waals surface area contributed by atoms with Crippen LogP contribution in [0.25, 0.3) is 0 Å². The molecule has 0 amide bonds. The molecule has 2 aliphatic rings. The minimum Gasteiger partial charge on any atom is -0.480 e. The third-order valence-corrected chi connectivity index (χ3v) is 3.83. The Hall–Kier alpha value is -1.06. The smallest absolute Gasteiger partial charge is 0.323 e. The summed E-state index contributed by atoms with van der Waals surface area (Å²) in [6.45, 7) is 0. The predicted molar refractivity (Wildman–Crippen MR) is 56.9 cm³/mol. The highest BCUT2D eigenvalue weighted by atomic mass is 16.5. The summed E-state index contributed by atoms with van der Waals surface area (Å²) in [5.74, 6) is -1.50. The summed E-state index contributed by atoms with van der Waals surface area (Å²) >= 11 is 0. The highest BCUT2D eigenvalue weighted by Crippen LogP contribution is 2.40. The maximum Gasteiger partial charge on any atom is 0.323 e. The Balaban J connectivity index is 2.02. The number of carboxylic acids is 1. The van der Waals surface area contributed by atoms with Gasteiger partial charge in [0, 0.05) is 0 Å². The van der Waals surface area contributed by atoms with Crippen LogP contribution in [-0.2, 0) is 14.3 Å². The van der Waals surface area contributed by atoms with Crippen LogP contribution >= 0.6 is 0 Å². The van der Waals surface area contributed by atoms with Crippen LogP contribution in [0.2, 0.25) is 0 Å². The fourth-order valence-corrected chi connectivity index (χ4v) is 2.75. The zero-order valence-electron chi connectivity index (χ0n) is 9.41. The van der Waals surface area contributed by atoms with E-state index in [2.05, 4.69) is 0 Å². The molecule has 2 fully saturated rings. The molecule has 0 aromatic heterocycles. The molecule has 0 aromatic carbocycles. The first-order chi connectivity index (χ1) is 7.65. The first-order valence-corrected chi connectivity index (χ1v) is 6.10. The van der Waals surface area contributed by atoms with Gasteiger partial charge in [0.15, 0.2) is 5.41 Å². The summed E-state index contributed by atoms with van der Waals surface area (Å²) in [4.78, 5) is 23.2. The molecule has 90 valence electrons. The van der Waals surface area contributed by atoms with Gasteiger partial charge in [0.1, 0.15) is 6.10 Å². The molecule has 1 N–H and O–H groups in total. The largest absolute Gasteiger partial charge is 0.480 e. The van der Waals surface area contributed by atoms with E-state index in [4.69, 9.17) is 4.74 Å². The van der Waals surface area contributed by atoms with Gasteiger partial charge in [-0.05, 0) is 38.5 Å². The molecule has 16 heavy (non-hydrogen) atoms. The molecule has 2 saturated carbocycles. The van der Waals surface area contributed by atoms with Gasteiger partial charge >= 0.3 is 11.9 Å². The van der Waals surface area contributed by atoms with Crippen molar-refractivity contribution >= 4 is 11.9 Å². The molecular formula is C12H18O4. The molecule has 2 aliphatic carbocycles. The fraction of sp³-hybridized carbons (Fsp3) is 0.833. The highest BCUT2D eigenvalue weighted by molar-refractivity contribution is 5.99. The van der Waals surface area contributed by atoms with Gasteiger partial charge in [0.2, 0.25) is 0 Å². The maximum absolute atomic E-state index is 12.0. The standard InChI is InChI=1S/C12H18O4/c13-10(14)12(7-3-4-8-12)11(15)16-9-5-1-2-6-9/h9H,1-8H2,(H,13,14). The Morgan fingerprint density at radius 3 is 2.12 bits per heavy atom. The molecule has 0 unspecified atom stereocenters. The normalized spacial score (nSPS) is 24.5. The molecule has 4 nitrogen and oxygen atoms in total. The second-order valence-corrected chi connectivity index (χ2v) is 4.91. The van der Waals surface area contributed by atoms with Crippen molar-refractivity contribution in [1.82, 2.24) is 0 Å². The average Bonchev–Trinajstić information content (AvgIpc) is 2.87. The van der Waals surface area contributed by atoms with E-state index in [1.54, 1.807) is 0 Å². The van der Waals surface area contributed by atoms with Crippen molar-refractivity contribution in [3.05, 3.63) is 0 Å². The number of hydrogen-bond acceptors (Lipinski definition) is 3. The topological polar surface area (TPSA) is 63.6 Å². The summed E-state index contributed by atoms with van der Waals surface area (Å²) < 4.78 is 5.34. The lowest BCUT2D eigenvalue weighted by Crippen LogP contribution is -2.39. The summed E-state index contributed by atoms with van der Waals surface area (Å²) in [7, 11) is 0. The third-order valence-electron chi connectivity index (χ3n) is 3.83. The molecule has 0 atom stereocenters. The van der Waals surface area contributed by atoms with E-state index in [0.717, 1.165) is 38.5 Å². The van der Waals surface area contributed by atoms with Crippen LogP contribution in [0.4, 0.5) is 0 Å². The van der Waals surface area contributed by atoms with E-state index < -0.39 is 17.4 Å². The van der Waals surface area contributed by atoms with Crippen molar-refractivity contribution in [2.45, 2.75) is 57.5 Å². The SMILES string of the molecule is O=C(O)C1(C(=O)OC2CCCC2)CCCC1. The molecule has 0 saturated heterocycles. The lowest BCUT2D eigenvalue weighted by molar-refractivity contribution is -0.172. The van der Waals surface area contributed by atoms with E-state index in [-0.39, 0.29) is 6.10 Å². The van der Waals surface area contributed by atoms with Crippen molar-refractivity contribution in [2.24, 2.45) is 5.41 Å². The molecule has 4 heteroatoms. The Labute approximate surface area is 95.0 Å². The number of carbonyl (C=O) groups excluding carboxylic acids is 1. The van der Waals surface area contributed by atoms with Gasteiger partial charge < -0.3 is 9.84 Å². The van der Waals surface area contributed by atoms with Crippen LogP contribution in [0, 0.1) is 5.41 Å². The van der Waals surface area contributed by atoms with Crippen molar-refractivity contribution in [3.63, 3.8) is 0 Å². The van der Waals surface area contributed by atoms with E-state index in [1.807, 2.05) is 0 Å². The number of hydrogen-bond donors (Lipinski definition) is 1. The van der Waals surface area contributed by atoms with Crippen LogP contribution in [0.5, 0.6) is 0 Å². The number of esters is 1. The Morgan fingerprint density at radius 2 is 1.62 bits per heavy atom. The molecule has 0 spiro atoms. The molecule has 0 bridgehead atoms. The Bertz CT molecular complexity index is 285. The molecule has 2 rings (SSSR count). The number of rotatable bonds is 3. The van der Waals surface area contributed by atoms with Crippen LogP contribution in [0.1, 0.15) is 51.4 Å². The molecule has 0 radical (unpaired) electrons. The molecule has 0 heterocycles. The van der Waals surface area contributed by atoms with Gasteiger partial charge in [-0.1, -0.05) is 12.8 Å². The fourth-order valence-electron chi connectivity index (χ4n) is 2.75. The Kier molecular flexibility index (Phi) is 3.17. The van der Waals surface area contributed by atoms with Crippen molar-refractivity contribution in [1.29, 1.82) is 0 Å². The number of carboxylic acid groups (broad SMARTS) is 1. The van der Waals surface area contributed by atoms with Gasteiger partial charge in [-0.3, -0.25) is 9.59 Å². The molecule has 0 aliphatic heterocycles. The zero-order valence-corrected chi connectivity index (χ0v) is 9.41. The van der Waals surface area contributed by atoms with Gasteiger partial charge in [-0.15, -0.1) is 0 Å². The lowest BCUT2D eigenvalue weighted by atomic mass is 9.86. The van der Waals surface area contributed by atoms with E-state index in [0.29, 0.717) is 12.8 Å². The number of aliphatic carboxylic acids is 1. The highest BCUT2D eigenvalue weighted by Gasteiger charge is 2.50. The van der Waals surface area contributed by atoms with E-state index in [9.17, 15) is 14.7 Å². The second kappa shape index (κ2) is 4.44. The maximum atomic E-state index is 12.0. The molecular weight excluding hydrogens is 208 g/mol. The number of carbonyl (C=O) groups is 2. The Morgan fingerprint density at radius 1 is 1.06 bits per heavy atom. The lowest BCUT2D eigenvalue weighted by Gasteiger charge is -2.23. The predicted octanol–water partition coefficient (Wildman–Crippen LogP) is 2.12. The van der Waals surface area contributed by atoms with Gasteiger partial charge in [-0.25, -0.2) is 0 Å². The van der Waals surface area contributed by atoms with E-state index >= 15 is 0 Å². The quantitative estimate of drug-likeness (QED) is 0.591. The van der Waals surface area contributed by atoms with Gasteiger partial charge in [0.05, 0.1) is 0 Å². The second-order valence-electron chi connectivity index (χ2n) is 4.91. The van der Waals surface area contributed by atoms with Crippen LogP contribution in [0.3, 0.4) is 0 Å². The first-order valence-electron chi connectivity index (χ1n) is 6.10. The average molecular weight is 226 g/mol. The van der Waals surface area contributed by atoms with Crippen molar-refractivity contribution < 1.29 is 19.4 Å².